The van der Waals surface area contributed by atoms with Gasteiger partial charge in [0, 0.05) is 18.2 Å². The highest BCUT2D eigenvalue weighted by Crippen LogP contribution is 2.17. The largest absolute Gasteiger partial charge is 0.370 e. The van der Waals surface area contributed by atoms with E-state index in [9.17, 15) is 0 Å². The lowest BCUT2D eigenvalue weighted by Gasteiger charge is -2.23. The van der Waals surface area contributed by atoms with Gasteiger partial charge in [-0.05, 0) is 39.5 Å². The minimum Gasteiger partial charge on any atom is -0.370 e. The lowest BCUT2D eigenvalue weighted by atomic mass is 9.96. The van der Waals surface area contributed by atoms with Crippen LogP contribution in [0.3, 0.4) is 0 Å². The molecule has 0 radical (unpaired) electrons. The molecular weight excluding hydrogens is 379 g/mol. The molecule has 5 nitrogen and oxygen atoms in total. The van der Waals surface area contributed by atoms with Gasteiger partial charge in [0.15, 0.2) is 5.96 Å². The Labute approximate surface area is 144 Å². The third kappa shape index (κ3) is 5.84. The first-order valence-corrected chi connectivity index (χ1v) is 7.65. The van der Waals surface area contributed by atoms with Crippen LogP contribution in [0.5, 0.6) is 0 Å². The van der Waals surface area contributed by atoms with Gasteiger partial charge in [0.2, 0.25) is 0 Å². The van der Waals surface area contributed by atoms with Crippen LogP contribution < -0.4 is 11.1 Å². The molecule has 1 saturated carbocycles. The molecule has 0 amide bonds. The van der Waals surface area contributed by atoms with E-state index in [-0.39, 0.29) is 24.0 Å². The van der Waals surface area contributed by atoms with Gasteiger partial charge in [-0.3, -0.25) is 4.99 Å². The lowest BCUT2D eigenvalue weighted by molar-refractivity contribution is 0.392. The van der Waals surface area contributed by atoms with Gasteiger partial charge < -0.3 is 15.6 Å². The predicted octanol–water partition coefficient (Wildman–Crippen LogP) is 3.08. The first-order chi connectivity index (χ1) is 9.66. The third-order valence-electron chi connectivity index (χ3n) is 4.01. The number of guanidine groups is 1. The minimum absolute atomic E-state index is 0. The Balaban J connectivity index is 0.00000220. The monoisotopic (exact) mass is 406 g/mol. The molecular formula is C15H27IN4O. The lowest BCUT2D eigenvalue weighted by Crippen LogP contribution is -2.41. The van der Waals surface area contributed by atoms with Crippen molar-refractivity contribution in [2.24, 2.45) is 10.7 Å². The molecule has 1 fully saturated rings. The van der Waals surface area contributed by atoms with Crippen molar-refractivity contribution < 1.29 is 4.52 Å². The zero-order chi connectivity index (χ0) is 14.4. The summed E-state index contributed by atoms with van der Waals surface area (Å²) in [7, 11) is 0. The molecule has 0 aliphatic heterocycles. The van der Waals surface area contributed by atoms with Crippen molar-refractivity contribution in [2.45, 2.75) is 64.8 Å². The Morgan fingerprint density at radius 3 is 2.67 bits per heavy atom. The first kappa shape index (κ1) is 18.3. The van der Waals surface area contributed by atoms with Crippen molar-refractivity contribution in [3.05, 3.63) is 17.0 Å². The van der Waals surface area contributed by atoms with Gasteiger partial charge in [0.1, 0.15) is 5.76 Å². The fraction of sp³-hybridized carbons (Fsp3) is 0.733. The SMILES string of the molecule is Cc1noc(C)c1CCCN=C(N)NC1CCCCC1.I. The van der Waals surface area contributed by atoms with Crippen molar-refractivity contribution in [3.8, 4) is 0 Å². The van der Waals surface area contributed by atoms with E-state index in [1.54, 1.807) is 0 Å². The van der Waals surface area contributed by atoms with E-state index >= 15 is 0 Å². The molecule has 1 aliphatic rings. The van der Waals surface area contributed by atoms with Crippen LogP contribution in [-0.4, -0.2) is 23.7 Å². The van der Waals surface area contributed by atoms with Gasteiger partial charge >= 0.3 is 0 Å². The summed E-state index contributed by atoms with van der Waals surface area (Å²) < 4.78 is 5.15. The van der Waals surface area contributed by atoms with E-state index in [4.69, 9.17) is 10.3 Å². The topological polar surface area (TPSA) is 76.4 Å². The zero-order valence-electron chi connectivity index (χ0n) is 13.0. The normalized spacial score (nSPS) is 16.6. The van der Waals surface area contributed by atoms with Crippen LogP contribution in [0.1, 0.15) is 55.5 Å². The Morgan fingerprint density at radius 2 is 2.05 bits per heavy atom. The number of nitrogens with two attached hydrogens (primary N) is 1. The standard InChI is InChI=1S/C15H26N4O.HI/c1-11-14(12(2)20-19-11)9-6-10-17-15(16)18-13-7-4-3-5-8-13;/h13H,3-10H2,1-2H3,(H3,16,17,18);1H. The summed E-state index contributed by atoms with van der Waals surface area (Å²) in [6, 6.07) is 0.523. The van der Waals surface area contributed by atoms with E-state index < -0.39 is 0 Å². The van der Waals surface area contributed by atoms with Crippen molar-refractivity contribution in [1.29, 1.82) is 0 Å². The number of rotatable bonds is 5. The number of aromatic nitrogens is 1. The summed E-state index contributed by atoms with van der Waals surface area (Å²) in [5.74, 6) is 1.51. The number of halogens is 1. The van der Waals surface area contributed by atoms with Gasteiger partial charge in [0.05, 0.1) is 5.69 Å². The molecule has 1 heterocycles. The maximum absolute atomic E-state index is 5.93. The Morgan fingerprint density at radius 1 is 1.33 bits per heavy atom. The summed E-state index contributed by atoms with van der Waals surface area (Å²) in [6.07, 6.45) is 8.31. The maximum atomic E-state index is 5.93. The quantitative estimate of drug-likeness (QED) is 0.341. The number of nitrogens with one attached hydrogen (secondary N) is 1. The number of aliphatic imine (C=N–C) groups is 1. The van der Waals surface area contributed by atoms with Gasteiger partial charge in [-0.1, -0.05) is 24.4 Å². The summed E-state index contributed by atoms with van der Waals surface area (Å²) in [5, 5.41) is 7.29. The zero-order valence-corrected chi connectivity index (χ0v) is 15.4. The maximum Gasteiger partial charge on any atom is 0.188 e. The third-order valence-corrected chi connectivity index (χ3v) is 4.01. The average Bonchev–Trinajstić information content (AvgIpc) is 2.76. The van der Waals surface area contributed by atoms with Crippen molar-refractivity contribution in [3.63, 3.8) is 0 Å². The molecule has 0 saturated heterocycles. The molecule has 0 unspecified atom stereocenters. The molecule has 3 N–H and O–H groups in total. The average molecular weight is 406 g/mol. The highest BCUT2D eigenvalue weighted by Gasteiger charge is 2.13. The highest BCUT2D eigenvalue weighted by atomic mass is 127. The van der Waals surface area contributed by atoms with Crippen LogP contribution in [0, 0.1) is 13.8 Å². The predicted molar refractivity (Wildman–Crippen MR) is 96.2 cm³/mol. The van der Waals surface area contributed by atoms with Gasteiger partial charge in [0.25, 0.3) is 0 Å². The molecule has 0 spiro atoms. The molecule has 6 heteroatoms. The molecule has 120 valence electrons. The van der Waals surface area contributed by atoms with E-state index in [1.807, 2.05) is 13.8 Å². The minimum atomic E-state index is 0. The molecule has 1 aliphatic carbocycles. The summed E-state index contributed by atoms with van der Waals surface area (Å²) in [4.78, 5) is 4.41. The van der Waals surface area contributed by atoms with Gasteiger partial charge in [-0.25, -0.2) is 0 Å². The van der Waals surface area contributed by atoms with Crippen LogP contribution >= 0.6 is 24.0 Å². The Bertz CT molecular complexity index is 433. The second-order valence-corrected chi connectivity index (χ2v) is 5.65. The summed E-state index contributed by atoms with van der Waals surface area (Å²) in [6.45, 7) is 4.68. The first-order valence-electron chi connectivity index (χ1n) is 7.65. The number of hydrogen-bond donors (Lipinski definition) is 2. The summed E-state index contributed by atoms with van der Waals surface area (Å²) in [5.41, 5.74) is 8.13. The van der Waals surface area contributed by atoms with Crippen LogP contribution in [0.4, 0.5) is 0 Å². The Hall–Kier alpha value is -0.790. The second-order valence-electron chi connectivity index (χ2n) is 5.65. The highest BCUT2D eigenvalue weighted by molar-refractivity contribution is 14.0. The fourth-order valence-corrected chi connectivity index (χ4v) is 2.82. The Kier molecular flexibility index (Phi) is 8.06. The number of hydrogen-bond acceptors (Lipinski definition) is 3. The second kappa shape index (κ2) is 9.27. The van der Waals surface area contributed by atoms with Crippen LogP contribution in [-0.2, 0) is 6.42 Å². The van der Waals surface area contributed by atoms with Crippen molar-refractivity contribution in [2.75, 3.05) is 6.54 Å². The molecule has 21 heavy (non-hydrogen) atoms. The van der Waals surface area contributed by atoms with E-state index in [0.717, 1.165) is 30.8 Å². The van der Waals surface area contributed by atoms with Crippen molar-refractivity contribution >= 4 is 29.9 Å². The fourth-order valence-electron chi connectivity index (χ4n) is 2.82. The molecule has 2 rings (SSSR count). The van der Waals surface area contributed by atoms with Crippen LogP contribution in [0.2, 0.25) is 0 Å². The molecule has 0 aromatic carbocycles. The van der Waals surface area contributed by atoms with Crippen molar-refractivity contribution in [1.82, 2.24) is 10.5 Å². The summed E-state index contributed by atoms with van der Waals surface area (Å²) >= 11 is 0. The van der Waals surface area contributed by atoms with E-state index in [1.165, 1.54) is 37.7 Å². The smallest absolute Gasteiger partial charge is 0.188 e. The van der Waals surface area contributed by atoms with Gasteiger partial charge in [-0.2, -0.15) is 0 Å². The number of nitrogens with zero attached hydrogens (tertiary/aromatic N) is 2. The van der Waals surface area contributed by atoms with Crippen LogP contribution in [0.25, 0.3) is 0 Å². The van der Waals surface area contributed by atoms with Gasteiger partial charge in [-0.15, -0.1) is 24.0 Å². The van der Waals surface area contributed by atoms with Crippen LogP contribution in [0.15, 0.2) is 9.52 Å². The molecule has 0 bridgehead atoms. The van der Waals surface area contributed by atoms with E-state index in [0.29, 0.717) is 12.0 Å². The molecule has 1 aromatic heterocycles. The molecule has 0 atom stereocenters. The molecule has 1 aromatic rings. The van der Waals surface area contributed by atoms with E-state index in [2.05, 4.69) is 15.5 Å². The number of aryl methyl sites for hydroxylation is 2.